The molecular formula is C24H26F3NO4. The van der Waals surface area contributed by atoms with Gasteiger partial charge in [0.25, 0.3) is 5.91 Å². The summed E-state index contributed by atoms with van der Waals surface area (Å²) < 4.78 is 49.4. The highest BCUT2D eigenvalue weighted by atomic mass is 19.4. The van der Waals surface area contributed by atoms with E-state index in [1.807, 2.05) is 12.1 Å². The molecule has 0 saturated carbocycles. The summed E-state index contributed by atoms with van der Waals surface area (Å²) in [5.41, 5.74) is 1.17. The number of nitrogens with zero attached hydrogens (tertiary/aromatic N) is 1. The van der Waals surface area contributed by atoms with Crippen LogP contribution in [0.4, 0.5) is 13.2 Å². The molecule has 0 atom stereocenters. The predicted octanol–water partition coefficient (Wildman–Crippen LogP) is 3.96. The monoisotopic (exact) mass is 449 g/mol. The van der Waals surface area contributed by atoms with Crippen LogP contribution in [0.5, 0.6) is 0 Å². The van der Waals surface area contributed by atoms with Crippen molar-refractivity contribution in [2.24, 2.45) is 0 Å². The molecule has 0 aliphatic carbocycles. The Bertz CT molecular complexity index is 916. The second-order valence-electron chi connectivity index (χ2n) is 8.32. The maximum Gasteiger partial charge on any atom is 0.416 e. The number of aliphatic hydroxyl groups is 1. The van der Waals surface area contributed by atoms with Crippen molar-refractivity contribution in [2.75, 3.05) is 39.5 Å². The largest absolute Gasteiger partial charge is 0.416 e. The van der Waals surface area contributed by atoms with E-state index >= 15 is 0 Å². The van der Waals surface area contributed by atoms with Crippen LogP contribution in [0.2, 0.25) is 0 Å². The van der Waals surface area contributed by atoms with Gasteiger partial charge in [-0.3, -0.25) is 4.79 Å². The molecule has 1 N–H and O–H groups in total. The van der Waals surface area contributed by atoms with Crippen LogP contribution in [0.15, 0.2) is 48.5 Å². The lowest BCUT2D eigenvalue weighted by Gasteiger charge is -2.41. The topological polar surface area (TPSA) is 59.0 Å². The smallest absolute Gasteiger partial charge is 0.394 e. The highest BCUT2D eigenvalue weighted by Crippen LogP contribution is 2.35. The second kappa shape index (κ2) is 9.21. The van der Waals surface area contributed by atoms with Crippen molar-refractivity contribution in [3.8, 4) is 0 Å². The first kappa shape index (κ1) is 22.8. The van der Waals surface area contributed by atoms with Gasteiger partial charge in [-0.05, 0) is 54.2 Å². The molecule has 172 valence electrons. The maximum atomic E-state index is 12.9. The number of carbonyl (C=O) groups excluding carboxylic acids is 1. The normalized spacial score (nSPS) is 18.9. The molecule has 5 nitrogen and oxygen atoms in total. The molecule has 2 aromatic rings. The van der Waals surface area contributed by atoms with Crippen molar-refractivity contribution in [1.82, 2.24) is 4.90 Å². The van der Waals surface area contributed by atoms with Crippen LogP contribution in [-0.2, 0) is 21.3 Å². The number of alkyl halides is 3. The highest BCUT2D eigenvalue weighted by Gasteiger charge is 2.41. The minimum Gasteiger partial charge on any atom is -0.394 e. The zero-order chi connectivity index (χ0) is 22.8. The maximum absolute atomic E-state index is 12.9. The van der Waals surface area contributed by atoms with Crippen LogP contribution >= 0.6 is 0 Å². The van der Waals surface area contributed by atoms with Gasteiger partial charge >= 0.3 is 6.18 Å². The number of piperidine rings is 1. The third-order valence-electron chi connectivity index (χ3n) is 6.29. The van der Waals surface area contributed by atoms with Crippen LogP contribution in [-0.4, -0.2) is 55.4 Å². The second-order valence-corrected chi connectivity index (χ2v) is 8.32. The molecule has 2 aliphatic rings. The van der Waals surface area contributed by atoms with Gasteiger partial charge in [-0.15, -0.1) is 0 Å². The summed E-state index contributed by atoms with van der Waals surface area (Å²) in [5.74, 6) is 0.0865. The van der Waals surface area contributed by atoms with Crippen LogP contribution in [0.1, 0.15) is 45.8 Å². The molecule has 2 aliphatic heterocycles. The number of rotatable bonds is 6. The van der Waals surface area contributed by atoms with Crippen molar-refractivity contribution in [3.63, 3.8) is 0 Å². The molecule has 2 aromatic carbocycles. The lowest BCUT2D eigenvalue weighted by atomic mass is 9.88. The van der Waals surface area contributed by atoms with Crippen LogP contribution < -0.4 is 0 Å². The van der Waals surface area contributed by atoms with Gasteiger partial charge < -0.3 is 19.5 Å². The number of amides is 1. The first-order chi connectivity index (χ1) is 15.3. The molecule has 0 bridgehead atoms. The van der Waals surface area contributed by atoms with Gasteiger partial charge in [0.1, 0.15) is 5.60 Å². The van der Waals surface area contributed by atoms with E-state index in [9.17, 15) is 18.0 Å². The molecule has 0 unspecified atom stereocenters. The van der Waals surface area contributed by atoms with Crippen molar-refractivity contribution < 1.29 is 32.5 Å². The first-order valence-corrected chi connectivity index (χ1v) is 10.7. The highest BCUT2D eigenvalue weighted by molar-refractivity contribution is 5.94. The van der Waals surface area contributed by atoms with Crippen molar-refractivity contribution >= 4 is 5.91 Å². The van der Waals surface area contributed by atoms with Gasteiger partial charge in [0.2, 0.25) is 0 Å². The lowest BCUT2D eigenvalue weighted by Crippen LogP contribution is -2.49. The Hall–Kier alpha value is -2.42. The van der Waals surface area contributed by atoms with Crippen LogP contribution in [0.3, 0.4) is 0 Å². The Balaban J connectivity index is 1.35. The third kappa shape index (κ3) is 4.67. The number of likely N-dealkylation sites (tertiary alicyclic amines) is 1. The third-order valence-corrected chi connectivity index (χ3v) is 6.29. The molecule has 4 rings (SSSR count). The number of carbonyl (C=O) groups is 1. The van der Waals surface area contributed by atoms with Crippen molar-refractivity contribution in [3.05, 3.63) is 70.8 Å². The summed E-state index contributed by atoms with van der Waals surface area (Å²) in [6, 6.07) is 12.6. The Labute approximate surface area is 184 Å². The fraction of sp³-hybridized carbons (Fsp3) is 0.458. The lowest BCUT2D eigenvalue weighted by molar-refractivity contribution is -0.219. The van der Waals surface area contributed by atoms with Gasteiger partial charge in [-0.2, -0.15) is 13.2 Å². The van der Waals surface area contributed by atoms with Gasteiger partial charge in [0.15, 0.2) is 0 Å². The Morgan fingerprint density at radius 1 is 1.06 bits per heavy atom. The first-order valence-electron chi connectivity index (χ1n) is 10.7. The molecule has 1 amide bonds. The minimum atomic E-state index is -4.33. The van der Waals surface area contributed by atoms with E-state index in [0.29, 0.717) is 44.7 Å². The molecule has 0 spiro atoms. The number of benzene rings is 2. The number of ether oxygens (including phenoxy) is 2. The van der Waals surface area contributed by atoms with E-state index < -0.39 is 17.3 Å². The van der Waals surface area contributed by atoms with E-state index in [1.54, 1.807) is 29.2 Å². The Kier molecular flexibility index (Phi) is 6.55. The van der Waals surface area contributed by atoms with E-state index in [0.717, 1.165) is 23.3 Å². The summed E-state index contributed by atoms with van der Waals surface area (Å²) in [7, 11) is 0. The molecule has 2 fully saturated rings. The predicted molar refractivity (Wildman–Crippen MR) is 111 cm³/mol. The average Bonchev–Trinajstić information content (AvgIpc) is 2.78. The quantitative estimate of drug-likeness (QED) is 0.726. The zero-order valence-electron chi connectivity index (χ0n) is 17.6. The average molecular weight is 449 g/mol. The van der Waals surface area contributed by atoms with Gasteiger partial charge in [-0.1, -0.05) is 24.3 Å². The SMILES string of the molecule is O=C(c1ccc(C2(OCCO)COC2)cc1)N1CCC(c2ccc(C(F)(F)F)cc2)CC1. The summed E-state index contributed by atoms with van der Waals surface area (Å²) in [6.07, 6.45) is -2.91. The van der Waals surface area contributed by atoms with Crippen molar-refractivity contribution in [2.45, 2.75) is 30.5 Å². The number of hydrogen-bond donors (Lipinski definition) is 1. The molecule has 2 heterocycles. The number of halogens is 3. The van der Waals surface area contributed by atoms with Crippen LogP contribution in [0.25, 0.3) is 0 Å². The molecule has 0 radical (unpaired) electrons. The Morgan fingerprint density at radius 3 is 2.19 bits per heavy atom. The molecule has 8 heteroatoms. The standard InChI is InChI=1S/C24H26F3NO4/c25-24(26,27)21-7-1-17(2-8-21)18-9-11-28(12-10-18)22(30)19-3-5-20(6-4-19)23(15-31-16-23)32-14-13-29/h1-8,18,29H,9-16H2. The van der Waals surface area contributed by atoms with E-state index in [4.69, 9.17) is 14.6 Å². The summed E-state index contributed by atoms with van der Waals surface area (Å²) in [6.45, 7) is 2.10. The van der Waals surface area contributed by atoms with Gasteiger partial charge in [-0.25, -0.2) is 0 Å². The van der Waals surface area contributed by atoms with E-state index in [2.05, 4.69) is 0 Å². The zero-order valence-corrected chi connectivity index (χ0v) is 17.6. The fourth-order valence-electron chi connectivity index (χ4n) is 4.32. The summed E-state index contributed by atoms with van der Waals surface area (Å²) >= 11 is 0. The summed E-state index contributed by atoms with van der Waals surface area (Å²) in [4.78, 5) is 14.7. The molecular weight excluding hydrogens is 423 g/mol. The Morgan fingerprint density at radius 2 is 1.69 bits per heavy atom. The fourth-order valence-corrected chi connectivity index (χ4v) is 4.32. The van der Waals surface area contributed by atoms with Gasteiger partial charge in [0.05, 0.1) is 32.0 Å². The van der Waals surface area contributed by atoms with Crippen molar-refractivity contribution in [1.29, 1.82) is 0 Å². The van der Waals surface area contributed by atoms with Crippen LogP contribution in [0, 0.1) is 0 Å². The molecule has 2 saturated heterocycles. The van der Waals surface area contributed by atoms with Gasteiger partial charge in [0, 0.05) is 18.7 Å². The summed E-state index contributed by atoms with van der Waals surface area (Å²) in [5, 5.41) is 9.03. The number of hydrogen-bond acceptors (Lipinski definition) is 4. The molecule has 32 heavy (non-hydrogen) atoms. The van der Waals surface area contributed by atoms with E-state index in [1.165, 1.54) is 0 Å². The molecule has 0 aromatic heterocycles. The van der Waals surface area contributed by atoms with E-state index in [-0.39, 0.29) is 25.0 Å². The number of aliphatic hydroxyl groups excluding tert-OH is 1. The minimum absolute atomic E-state index is 0.0578.